The summed E-state index contributed by atoms with van der Waals surface area (Å²) in [5.41, 5.74) is 1.11. The standard InChI is InChI=1S/C18H10ClNO2/c19-13-6-5-11-8-15(20-10-12(11)7-13)18-9-16(21)14-3-1-2-4-17(14)22-18/h1-10H. The van der Waals surface area contributed by atoms with E-state index in [-0.39, 0.29) is 5.43 Å². The quantitative estimate of drug-likeness (QED) is 0.513. The molecule has 106 valence electrons. The van der Waals surface area contributed by atoms with Crippen LogP contribution in [0.2, 0.25) is 5.02 Å². The average Bonchev–Trinajstić information content (AvgIpc) is 2.54. The van der Waals surface area contributed by atoms with E-state index < -0.39 is 0 Å². The molecule has 0 unspecified atom stereocenters. The third-order valence-corrected chi connectivity index (χ3v) is 3.81. The van der Waals surface area contributed by atoms with Crippen molar-refractivity contribution >= 4 is 33.3 Å². The van der Waals surface area contributed by atoms with Crippen molar-refractivity contribution in [1.82, 2.24) is 4.98 Å². The van der Waals surface area contributed by atoms with Crippen molar-refractivity contribution < 1.29 is 4.42 Å². The van der Waals surface area contributed by atoms with Crippen LogP contribution >= 0.6 is 11.6 Å². The summed E-state index contributed by atoms with van der Waals surface area (Å²) in [7, 11) is 0. The second-order valence-corrected chi connectivity index (χ2v) is 5.47. The minimum absolute atomic E-state index is 0.0742. The second-order valence-electron chi connectivity index (χ2n) is 5.03. The fraction of sp³-hybridized carbons (Fsp3) is 0. The molecule has 0 radical (unpaired) electrons. The molecule has 0 spiro atoms. The number of hydrogen-bond acceptors (Lipinski definition) is 3. The molecular weight excluding hydrogens is 298 g/mol. The van der Waals surface area contributed by atoms with Gasteiger partial charge in [0.2, 0.25) is 0 Å². The molecule has 0 atom stereocenters. The van der Waals surface area contributed by atoms with Gasteiger partial charge in [-0.25, -0.2) is 0 Å². The van der Waals surface area contributed by atoms with Gasteiger partial charge in [-0.1, -0.05) is 29.8 Å². The van der Waals surface area contributed by atoms with Gasteiger partial charge in [0.05, 0.1) is 5.39 Å². The highest BCUT2D eigenvalue weighted by Gasteiger charge is 2.08. The summed E-state index contributed by atoms with van der Waals surface area (Å²) in [5.74, 6) is 0.459. The highest BCUT2D eigenvalue weighted by molar-refractivity contribution is 6.31. The van der Waals surface area contributed by atoms with Gasteiger partial charge in [-0.3, -0.25) is 9.78 Å². The SMILES string of the molecule is O=c1cc(-c2cc3ccc(Cl)cc3cn2)oc2ccccc12. The van der Waals surface area contributed by atoms with E-state index >= 15 is 0 Å². The van der Waals surface area contributed by atoms with Crippen LogP contribution in [0.3, 0.4) is 0 Å². The summed E-state index contributed by atoms with van der Waals surface area (Å²) in [6, 6.07) is 16.1. The van der Waals surface area contributed by atoms with Crippen LogP contribution in [0.25, 0.3) is 33.2 Å². The number of rotatable bonds is 1. The van der Waals surface area contributed by atoms with E-state index in [1.54, 1.807) is 18.3 Å². The maximum atomic E-state index is 12.2. The third kappa shape index (κ3) is 2.16. The van der Waals surface area contributed by atoms with Crippen molar-refractivity contribution in [1.29, 1.82) is 0 Å². The van der Waals surface area contributed by atoms with Crippen LogP contribution in [0.5, 0.6) is 0 Å². The number of nitrogens with zero attached hydrogens (tertiary/aromatic N) is 1. The van der Waals surface area contributed by atoms with Gasteiger partial charge in [0.1, 0.15) is 11.3 Å². The van der Waals surface area contributed by atoms with E-state index in [4.69, 9.17) is 16.0 Å². The first kappa shape index (κ1) is 13.0. The number of fused-ring (bicyclic) bond motifs is 2. The zero-order valence-electron chi connectivity index (χ0n) is 11.4. The van der Waals surface area contributed by atoms with Crippen molar-refractivity contribution in [3.8, 4) is 11.5 Å². The van der Waals surface area contributed by atoms with Gasteiger partial charge in [-0.05, 0) is 35.7 Å². The summed E-state index contributed by atoms with van der Waals surface area (Å²) < 4.78 is 5.81. The number of pyridine rings is 1. The van der Waals surface area contributed by atoms with E-state index in [0.717, 1.165) is 10.8 Å². The highest BCUT2D eigenvalue weighted by Crippen LogP contribution is 2.25. The zero-order valence-corrected chi connectivity index (χ0v) is 12.2. The fourth-order valence-electron chi connectivity index (χ4n) is 2.48. The number of hydrogen-bond donors (Lipinski definition) is 0. The molecule has 0 N–H and O–H groups in total. The number of para-hydroxylation sites is 1. The van der Waals surface area contributed by atoms with Gasteiger partial charge < -0.3 is 4.42 Å². The molecule has 0 aliphatic heterocycles. The minimum atomic E-state index is -0.0742. The molecule has 2 aromatic heterocycles. The molecule has 3 nitrogen and oxygen atoms in total. The monoisotopic (exact) mass is 307 g/mol. The van der Waals surface area contributed by atoms with Crippen molar-refractivity contribution in [2.45, 2.75) is 0 Å². The van der Waals surface area contributed by atoms with Crippen LogP contribution in [0.1, 0.15) is 0 Å². The lowest BCUT2D eigenvalue weighted by Gasteiger charge is -2.04. The smallest absolute Gasteiger partial charge is 0.193 e. The number of aromatic nitrogens is 1. The molecule has 2 aromatic carbocycles. The Kier molecular flexibility index (Phi) is 2.94. The number of benzene rings is 2. The Balaban J connectivity index is 1.94. The fourth-order valence-corrected chi connectivity index (χ4v) is 2.66. The summed E-state index contributed by atoms with van der Waals surface area (Å²) in [4.78, 5) is 16.6. The Bertz CT molecular complexity index is 1070. The van der Waals surface area contributed by atoms with Crippen molar-refractivity contribution in [3.63, 3.8) is 0 Å². The predicted molar refractivity (Wildman–Crippen MR) is 88.2 cm³/mol. The van der Waals surface area contributed by atoms with Crippen LogP contribution in [0.4, 0.5) is 0 Å². The van der Waals surface area contributed by atoms with Crippen molar-refractivity contribution in [2.75, 3.05) is 0 Å². The summed E-state index contributed by atoms with van der Waals surface area (Å²) in [5, 5.41) is 3.17. The summed E-state index contributed by atoms with van der Waals surface area (Å²) in [6.07, 6.45) is 1.73. The normalized spacial score (nSPS) is 11.1. The lowest BCUT2D eigenvalue weighted by atomic mass is 10.1. The Morgan fingerprint density at radius 3 is 2.73 bits per heavy atom. The molecule has 22 heavy (non-hydrogen) atoms. The summed E-state index contributed by atoms with van der Waals surface area (Å²) in [6.45, 7) is 0. The van der Waals surface area contributed by atoms with Gasteiger partial charge in [0.15, 0.2) is 11.2 Å². The first-order valence-electron chi connectivity index (χ1n) is 6.79. The van der Waals surface area contributed by atoms with Crippen LogP contribution < -0.4 is 5.43 Å². The summed E-state index contributed by atoms with van der Waals surface area (Å²) >= 11 is 5.97. The van der Waals surface area contributed by atoms with Gasteiger partial charge in [-0.15, -0.1) is 0 Å². The van der Waals surface area contributed by atoms with Crippen molar-refractivity contribution in [2.24, 2.45) is 0 Å². The molecule has 4 heteroatoms. The van der Waals surface area contributed by atoms with Gasteiger partial charge in [0, 0.05) is 22.7 Å². The van der Waals surface area contributed by atoms with Crippen LogP contribution in [-0.2, 0) is 0 Å². The second kappa shape index (κ2) is 4.97. The predicted octanol–water partition coefficient (Wildman–Crippen LogP) is 4.66. The highest BCUT2D eigenvalue weighted by atomic mass is 35.5. The maximum Gasteiger partial charge on any atom is 0.193 e. The van der Waals surface area contributed by atoms with Crippen molar-refractivity contribution in [3.05, 3.63) is 76.0 Å². The van der Waals surface area contributed by atoms with E-state index in [9.17, 15) is 4.79 Å². The van der Waals surface area contributed by atoms with Gasteiger partial charge in [0.25, 0.3) is 0 Å². The van der Waals surface area contributed by atoms with E-state index in [0.29, 0.717) is 27.4 Å². The third-order valence-electron chi connectivity index (χ3n) is 3.57. The molecule has 0 amide bonds. The Morgan fingerprint density at radius 1 is 0.955 bits per heavy atom. The first-order valence-corrected chi connectivity index (χ1v) is 7.17. The Morgan fingerprint density at radius 2 is 1.82 bits per heavy atom. The maximum absolute atomic E-state index is 12.2. The lowest BCUT2D eigenvalue weighted by Crippen LogP contribution is -2.00. The van der Waals surface area contributed by atoms with Gasteiger partial charge >= 0.3 is 0 Å². The van der Waals surface area contributed by atoms with Gasteiger partial charge in [-0.2, -0.15) is 0 Å². The minimum Gasteiger partial charge on any atom is -0.454 e. The molecule has 4 rings (SSSR count). The van der Waals surface area contributed by atoms with E-state index in [2.05, 4.69) is 4.98 Å². The van der Waals surface area contributed by atoms with Crippen LogP contribution in [-0.4, -0.2) is 4.98 Å². The van der Waals surface area contributed by atoms with E-state index in [1.807, 2.05) is 36.4 Å². The molecule has 4 aromatic rings. The Hall–Kier alpha value is -2.65. The molecule has 0 saturated heterocycles. The molecule has 0 bridgehead atoms. The number of halogens is 1. The zero-order chi connectivity index (χ0) is 15.1. The lowest BCUT2D eigenvalue weighted by molar-refractivity contribution is 0.616. The topological polar surface area (TPSA) is 43.1 Å². The molecular formula is C18H10ClNO2. The molecule has 0 fully saturated rings. The molecule has 0 saturated carbocycles. The Labute approximate surface area is 130 Å². The molecule has 0 aliphatic carbocycles. The largest absolute Gasteiger partial charge is 0.454 e. The first-order chi connectivity index (χ1) is 10.7. The van der Waals surface area contributed by atoms with E-state index in [1.165, 1.54) is 6.07 Å². The van der Waals surface area contributed by atoms with Crippen LogP contribution in [0.15, 0.2) is 70.0 Å². The molecule has 2 heterocycles. The van der Waals surface area contributed by atoms with Crippen LogP contribution in [0, 0.1) is 0 Å². The average molecular weight is 308 g/mol. The molecule has 0 aliphatic rings.